The molecule has 1 unspecified atom stereocenters. The van der Waals surface area contributed by atoms with Crippen LogP contribution >= 0.6 is 23.2 Å². The van der Waals surface area contributed by atoms with Crippen LogP contribution in [0.15, 0.2) is 0 Å². The maximum absolute atomic E-state index is 5.99. The quantitative estimate of drug-likeness (QED) is 0.766. The monoisotopic (exact) mass is 248 g/mol. The largest absolute Gasteiger partial charge is 0.371 e. The van der Waals surface area contributed by atoms with E-state index >= 15 is 0 Å². The molecule has 0 saturated heterocycles. The number of nitrogens with zero attached hydrogens (tertiary/aromatic N) is 2. The molecule has 3 nitrogen and oxygen atoms in total. The van der Waals surface area contributed by atoms with Gasteiger partial charge in [-0.1, -0.05) is 30.1 Å². The fourth-order valence-electron chi connectivity index (χ4n) is 1.24. The molecule has 0 aromatic carbocycles. The number of hydrogen-bond acceptors (Lipinski definition) is 3. The highest BCUT2D eigenvalue weighted by molar-refractivity contribution is 6.34. The van der Waals surface area contributed by atoms with Gasteiger partial charge in [0.2, 0.25) is 0 Å². The maximum atomic E-state index is 5.99. The lowest BCUT2D eigenvalue weighted by Crippen LogP contribution is -2.07. The minimum atomic E-state index is -0.184. The van der Waals surface area contributed by atoms with Crippen LogP contribution in [0.5, 0.6) is 0 Å². The molecule has 0 aliphatic carbocycles. The summed E-state index contributed by atoms with van der Waals surface area (Å²) in [4.78, 5) is 8.34. The van der Waals surface area contributed by atoms with Crippen molar-refractivity contribution < 1.29 is 4.74 Å². The zero-order valence-corrected chi connectivity index (χ0v) is 10.6. The molecule has 0 saturated carbocycles. The fourth-order valence-corrected chi connectivity index (χ4v) is 1.91. The summed E-state index contributed by atoms with van der Waals surface area (Å²) < 4.78 is 5.37. The minimum Gasteiger partial charge on any atom is -0.371 e. The lowest BCUT2D eigenvalue weighted by molar-refractivity contribution is 0.0700. The van der Waals surface area contributed by atoms with Gasteiger partial charge in [-0.15, -0.1) is 0 Å². The lowest BCUT2D eigenvalue weighted by Gasteiger charge is -2.12. The first-order chi connectivity index (χ1) is 7.10. The van der Waals surface area contributed by atoms with E-state index < -0.39 is 0 Å². The van der Waals surface area contributed by atoms with Crippen LogP contribution in [-0.2, 0) is 11.2 Å². The molecule has 1 aromatic heterocycles. The first kappa shape index (κ1) is 12.7. The Hall–Kier alpha value is -0.380. The molecule has 0 fully saturated rings. The van der Waals surface area contributed by atoms with Crippen molar-refractivity contribution in [1.82, 2.24) is 9.97 Å². The van der Waals surface area contributed by atoms with Gasteiger partial charge in [0.1, 0.15) is 16.4 Å². The van der Waals surface area contributed by atoms with Crippen LogP contribution in [-0.4, -0.2) is 16.6 Å². The summed E-state index contributed by atoms with van der Waals surface area (Å²) in [6.07, 6.45) is 0.539. The molecule has 5 heteroatoms. The average molecular weight is 249 g/mol. The average Bonchev–Trinajstić information content (AvgIpc) is 2.17. The van der Waals surface area contributed by atoms with Gasteiger partial charge in [-0.25, -0.2) is 9.97 Å². The second-order valence-corrected chi connectivity index (χ2v) is 3.81. The zero-order chi connectivity index (χ0) is 11.4. The molecule has 1 heterocycles. The molecular weight excluding hydrogens is 235 g/mol. The highest BCUT2D eigenvalue weighted by Crippen LogP contribution is 2.24. The molecule has 0 radical (unpaired) electrons. The molecule has 0 spiro atoms. The van der Waals surface area contributed by atoms with Crippen LogP contribution in [0.3, 0.4) is 0 Å². The Kier molecular flexibility index (Phi) is 4.77. The zero-order valence-electron chi connectivity index (χ0n) is 9.05. The Morgan fingerprint density at radius 1 is 1.20 bits per heavy atom. The van der Waals surface area contributed by atoms with Gasteiger partial charge in [-0.05, 0) is 20.3 Å². The number of ether oxygens (including phenoxy) is 1. The molecule has 1 rings (SSSR count). The molecule has 1 aromatic rings. The third-order valence-corrected chi connectivity index (χ3v) is 2.68. The van der Waals surface area contributed by atoms with Crippen LogP contribution in [0.25, 0.3) is 0 Å². The predicted octanol–water partition coefficient (Wildman–Crippen LogP) is 3.44. The third-order valence-electron chi connectivity index (χ3n) is 2.06. The molecule has 0 aliphatic rings. The van der Waals surface area contributed by atoms with Gasteiger partial charge in [-0.2, -0.15) is 0 Å². The van der Waals surface area contributed by atoms with Crippen LogP contribution in [0.1, 0.15) is 38.3 Å². The number of aromatic nitrogens is 2. The number of halogens is 2. The van der Waals surface area contributed by atoms with Crippen molar-refractivity contribution in [3.8, 4) is 0 Å². The summed E-state index contributed by atoms with van der Waals surface area (Å²) in [5.41, 5.74) is 0.783. The first-order valence-corrected chi connectivity index (χ1v) is 5.69. The molecule has 84 valence electrons. The van der Waals surface area contributed by atoms with Crippen LogP contribution < -0.4 is 0 Å². The number of rotatable bonds is 4. The van der Waals surface area contributed by atoms with E-state index in [0.29, 0.717) is 22.7 Å². The second kappa shape index (κ2) is 5.64. The summed E-state index contributed by atoms with van der Waals surface area (Å²) in [7, 11) is 0. The predicted molar refractivity (Wildman–Crippen MR) is 61.5 cm³/mol. The Morgan fingerprint density at radius 2 is 1.73 bits per heavy atom. The molecular formula is C10H14Cl2N2O. The van der Waals surface area contributed by atoms with Gasteiger partial charge in [0.25, 0.3) is 0 Å². The fraction of sp³-hybridized carbons (Fsp3) is 0.600. The van der Waals surface area contributed by atoms with E-state index in [1.807, 2.05) is 20.8 Å². The van der Waals surface area contributed by atoms with Gasteiger partial charge in [0, 0.05) is 12.2 Å². The Labute approximate surface area is 99.8 Å². The second-order valence-electron chi connectivity index (χ2n) is 3.09. The van der Waals surface area contributed by atoms with Crippen molar-refractivity contribution >= 4 is 23.2 Å². The summed E-state index contributed by atoms with van der Waals surface area (Å²) in [5, 5.41) is 0.832. The van der Waals surface area contributed by atoms with Gasteiger partial charge >= 0.3 is 0 Å². The van der Waals surface area contributed by atoms with E-state index in [-0.39, 0.29) is 6.10 Å². The van der Waals surface area contributed by atoms with E-state index in [0.717, 1.165) is 12.0 Å². The van der Waals surface area contributed by atoms with Gasteiger partial charge in [0.15, 0.2) is 5.82 Å². The van der Waals surface area contributed by atoms with E-state index in [1.165, 1.54) is 0 Å². The summed E-state index contributed by atoms with van der Waals surface area (Å²) in [5.74, 6) is 0.532. The van der Waals surface area contributed by atoms with E-state index in [4.69, 9.17) is 27.9 Å². The molecule has 0 N–H and O–H groups in total. The standard InChI is InChI=1S/C10H14Cl2N2O/c1-4-7-8(11)13-10(14-9(7)12)6(3)15-5-2/h6H,4-5H2,1-3H3. The van der Waals surface area contributed by atoms with Crippen LogP contribution in [0.2, 0.25) is 10.3 Å². The summed E-state index contributed by atoms with van der Waals surface area (Å²) in [6, 6.07) is 0. The summed E-state index contributed by atoms with van der Waals surface area (Å²) in [6.45, 7) is 6.36. The first-order valence-electron chi connectivity index (χ1n) is 4.93. The van der Waals surface area contributed by atoms with E-state index in [1.54, 1.807) is 0 Å². The van der Waals surface area contributed by atoms with Gasteiger partial charge < -0.3 is 4.74 Å². The third kappa shape index (κ3) is 3.03. The van der Waals surface area contributed by atoms with Crippen molar-refractivity contribution in [2.45, 2.75) is 33.3 Å². The molecule has 15 heavy (non-hydrogen) atoms. The lowest BCUT2D eigenvalue weighted by atomic mass is 10.2. The number of hydrogen-bond donors (Lipinski definition) is 0. The van der Waals surface area contributed by atoms with Crippen LogP contribution in [0, 0.1) is 0 Å². The Morgan fingerprint density at radius 3 is 2.13 bits per heavy atom. The SMILES string of the molecule is CCOC(C)c1nc(Cl)c(CC)c(Cl)n1. The topological polar surface area (TPSA) is 35.0 Å². The van der Waals surface area contributed by atoms with Crippen LogP contribution in [0.4, 0.5) is 0 Å². The van der Waals surface area contributed by atoms with Crippen molar-refractivity contribution in [3.05, 3.63) is 21.7 Å². The highest BCUT2D eigenvalue weighted by Gasteiger charge is 2.14. The van der Waals surface area contributed by atoms with Crippen molar-refractivity contribution in [2.24, 2.45) is 0 Å². The minimum absolute atomic E-state index is 0.184. The van der Waals surface area contributed by atoms with Gasteiger partial charge in [0.05, 0.1) is 0 Å². The molecule has 0 aliphatic heterocycles. The normalized spacial score (nSPS) is 12.9. The molecule has 0 amide bonds. The summed E-state index contributed by atoms with van der Waals surface area (Å²) >= 11 is 12.0. The van der Waals surface area contributed by atoms with E-state index in [9.17, 15) is 0 Å². The smallest absolute Gasteiger partial charge is 0.160 e. The highest BCUT2D eigenvalue weighted by atomic mass is 35.5. The Balaban J connectivity index is 3.02. The van der Waals surface area contributed by atoms with Crippen molar-refractivity contribution in [2.75, 3.05) is 6.61 Å². The molecule has 0 bridgehead atoms. The van der Waals surface area contributed by atoms with Crippen molar-refractivity contribution in [3.63, 3.8) is 0 Å². The van der Waals surface area contributed by atoms with Crippen molar-refractivity contribution in [1.29, 1.82) is 0 Å². The van der Waals surface area contributed by atoms with Gasteiger partial charge in [-0.3, -0.25) is 0 Å². The Bertz CT molecular complexity index is 321. The maximum Gasteiger partial charge on any atom is 0.160 e. The molecule has 1 atom stereocenters. The van der Waals surface area contributed by atoms with E-state index in [2.05, 4.69) is 9.97 Å².